The Kier molecular flexibility index (Phi) is 6.42. The number of benzene rings is 2. The number of ether oxygens (including phenoxy) is 1. The van der Waals surface area contributed by atoms with Crippen molar-refractivity contribution < 1.29 is 32.4 Å². The van der Waals surface area contributed by atoms with Gasteiger partial charge in [-0.3, -0.25) is 19.7 Å². The zero-order chi connectivity index (χ0) is 22.6. The van der Waals surface area contributed by atoms with Crippen LogP contribution in [0.15, 0.2) is 48.5 Å². The predicted molar refractivity (Wildman–Crippen MR) is 103 cm³/mol. The van der Waals surface area contributed by atoms with E-state index in [1.54, 1.807) is 0 Å². The van der Waals surface area contributed by atoms with Gasteiger partial charge < -0.3 is 14.5 Å². The van der Waals surface area contributed by atoms with E-state index in [4.69, 9.17) is 4.74 Å². The summed E-state index contributed by atoms with van der Waals surface area (Å²) >= 11 is 0. The minimum Gasteiger partial charge on any atom is -0.477 e. The number of piperazine rings is 1. The van der Waals surface area contributed by atoms with Gasteiger partial charge in [0.1, 0.15) is 0 Å². The van der Waals surface area contributed by atoms with Crippen molar-refractivity contribution in [2.45, 2.75) is 6.18 Å². The second-order valence-corrected chi connectivity index (χ2v) is 6.73. The molecular weight excluding hydrogens is 419 g/mol. The second-order valence-electron chi connectivity index (χ2n) is 6.73. The monoisotopic (exact) mass is 437 g/mol. The Morgan fingerprint density at radius 2 is 1.55 bits per heavy atom. The smallest absolute Gasteiger partial charge is 0.417 e. The molecule has 2 aromatic carbocycles. The SMILES string of the molecule is O=C(COc1ccccc1[N+](=O)[O-])N1CCN(C(=O)c2ccccc2C(F)(F)F)CC1. The summed E-state index contributed by atoms with van der Waals surface area (Å²) in [6, 6.07) is 10.2. The molecule has 0 aliphatic carbocycles. The minimum absolute atomic E-state index is 0.0431. The summed E-state index contributed by atoms with van der Waals surface area (Å²) in [5.41, 5.74) is -1.71. The number of nitrogens with zero attached hydrogens (tertiary/aromatic N) is 3. The highest BCUT2D eigenvalue weighted by molar-refractivity contribution is 5.96. The molecule has 0 N–H and O–H groups in total. The highest BCUT2D eigenvalue weighted by atomic mass is 19.4. The van der Waals surface area contributed by atoms with Crippen LogP contribution in [0.1, 0.15) is 15.9 Å². The summed E-state index contributed by atoms with van der Waals surface area (Å²) in [6.45, 7) is -0.0990. The van der Waals surface area contributed by atoms with Crippen LogP contribution in [0.5, 0.6) is 5.75 Å². The molecule has 0 bridgehead atoms. The molecule has 8 nitrogen and oxygen atoms in total. The first-order chi connectivity index (χ1) is 14.7. The third-order valence-electron chi connectivity index (χ3n) is 4.80. The van der Waals surface area contributed by atoms with Crippen LogP contribution >= 0.6 is 0 Å². The van der Waals surface area contributed by atoms with Gasteiger partial charge in [-0.15, -0.1) is 0 Å². The van der Waals surface area contributed by atoms with Crippen molar-refractivity contribution in [3.63, 3.8) is 0 Å². The average Bonchev–Trinajstić information content (AvgIpc) is 2.76. The number of carbonyl (C=O) groups is 2. The lowest BCUT2D eigenvalue weighted by atomic mass is 10.1. The van der Waals surface area contributed by atoms with Crippen LogP contribution in [0.2, 0.25) is 0 Å². The van der Waals surface area contributed by atoms with Gasteiger partial charge >= 0.3 is 11.9 Å². The largest absolute Gasteiger partial charge is 0.477 e. The number of nitro groups is 1. The van der Waals surface area contributed by atoms with Gasteiger partial charge in [0.25, 0.3) is 11.8 Å². The van der Waals surface area contributed by atoms with E-state index in [1.807, 2.05) is 0 Å². The second kappa shape index (κ2) is 9.02. The lowest BCUT2D eigenvalue weighted by molar-refractivity contribution is -0.385. The van der Waals surface area contributed by atoms with Crippen LogP contribution in [0.3, 0.4) is 0 Å². The molecule has 1 fully saturated rings. The maximum absolute atomic E-state index is 13.2. The van der Waals surface area contributed by atoms with Crippen LogP contribution in [0.25, 0.3) is 0 Å². The van der Waals surface area contributed by atoms with E-state index in [9.17, 15) is 32.9 Å². The molecule has 3 rings (SSSR count). The Morgan fingerprint density at radius 1 is 0.968 bits per heavy atom. The average molecular weight is 437 g/mol. The van der Waals surface area contributed by atoms with Crippen molar-refractivity contribution in [1.82, 2.24) is 9.80 Å². The molecule has 0 atom stereocenters. The van der Waals surface area contributed by atoms with Crippen molar-refractivity contribution >= 4 is 17.5 Å². The molecule has 0 radical (unpaired) electrons. The van der Waals surface area contributed by atoms with Crippen molar-refractivity contribution in [2.75, 3.05) is 32.8 Å². The Labute approximate surface area is 175 Å². The lowest BCUT2D eigenvalue weighted by Gasteiger charge is -2.35. The van der Waals surface area contributed by atoms with Gasteiger partial charge in [-0.25, -0.2) is 0 Å². The number of alkyl halides is 3. The predicted octanol–water partition coefficient (Wildman–Crippen LogP) is 2.98. The maximum atomic E-state index is 13.2. The van der Waals surface area contributed by atoms with E-state index in [1.165, 1.54) is 46.2 Å². The Morgan fingerprint density at radius 3 is 2.19 bits per heavy atom. The van der Waals surface area contributed by atoms with E-state index in [0.717, 1.165) is 12.1 Å². The Balaban J connectivity index is 1.58. The normalized spacial score (nSPS) is 14.3. The van der Waals surface area contributed by atoms with E-state index < -0.39 is 40.6 Å². The number of hydrogen-bond acceptors (Lipinski definition) is 5. The number of rotatable bonds is 5. The van der Waals surface area contributed by atoms with Gasteiger partial charge in [-0.2, -0.15) is 13.2 Å². The van der Waals surface area contributed by atoms with Crippen LogP contribution in [-0.2, 0) is 11.0 Å². The van der Waals surface area contributed by atoms with E-state index in [2.05, 4.69) is 0 Å². The Hall–Kier alpha value is -3.63. The van der Waals surface area contributed by atoms with Gasteiger partial charge in [0, 0.05) is 32.2 Å². The molecule has 164 valence electrons. The van der Waals surface area contributed by atoms with Crippen LogP contribution in [0.4, 0.5) is 18.9 Å². The van der Waals surface area contributed by atoms with Gasteiger partial charge in [-0.05, 0) is 18.2 Å². The fourth-order valence-corrected chi connectivity index (χ4v) is 3.21. The zero-order valence-electron chi connectivity index (χ0n) is 16.2. The molecule has 0 saturated carbocycles. The fourth-order valence-electron chi connectivity index (χ4n) is 3.21. The molecule has 2 aromatic rings. The van der Waals surface area contributed by atoms with Crippen LogP contribution in [-0.4, -0.2) is 59.3 Å². The first kappa shape index (κ1) is 22.1. The highest BCUT2D eigenvalue weighted by Gasteiger charge is 2.36. The summed E-state index contributed by atoms with van der Waals surface area (Å²) in [6.07, 6.45) is -4.65. The Bertz CT molecular complexity index is 988. The topological polar surface area (TPSA) is 93.0 Å². The number of para-hydroxylation sites is 2. The third-order valence-corrected chi connectivity index (χ3v) is 4.80. The standard InChI is InChI=1S/C20H18F3N3O5/c21-20(22,23)15-6-2-1-5-14(15)19(28)25-11-9-24(10-12-25)18(27)13-31-17-8-4-3-7-16(17)26(29)30/h1-8H,9-13H2. The number of nitro benzene ring substituents is 1. The summed E-state index contributed by atoms with van der Waals surface area (Å²) in [7, 11) is 0. The molecule has 31 heavy (non-hydrogen) atoms. The zero-order valence-corrected chi connectivity index (χ0v) is 16.2. The number of carbonyl (C=O) groups excluding carboxylic acids is 2. The molecule has 0 unspecified atom stereocenters. The van der Waals surface area contributed by atoms with Gasteiger partial charge in [0.05, 0.1) is 16.1 Å². The molecule has 1 heterocycles. The molecule has 1 aliphatic rings. The molecule has 2 amide bonds. The summed E-state index contributed by atoms with van der Waals surface area (Å²) in [4.78, 5) is 38.0. The lowest BCUT2D eigenvalue weighted by Crippen LogP contribution is -2.51. The molecule has 0 aromatic heterocycles. The van der Waals surface area contributed by atoms with Gasteiger partial charge in [0.15, 0.2) is 12.4 Å². The molecule has 11 heteroatoms. The summed E-state index contributed by atoms with van der Waals surface area (Å²) in [5, 5.41) is 11.0. The van der Waals surface area contributed by atoms with E-state index in [0.29, 0.717) is 0 Å². The number of hydrogen-bond donors (Lipinski definition) is 0. The maximum Gasteiger partial charge on any atom is 0.417 e. The van der Waals surface area contributed by atoms with E-state index in [-0.39, 0.29) is 37.6 Å². The van der Waals surface area contributed by atoms with Crippen LogP contribution < -0.4 is 4.74 Å². The van der Waals surface area contributed by atoms with Crippen LogP contribution in [0, 0.1) is 10.1 Å². The number of halogens is 3. The molecule has 0 spiro atoms. The van der Waals surface area contributed by atoms with Crippen molar-refractivity contribution in [3.05, 3.63) is 69.8 Å². The quantitative estimate of drug-likeness (QED) is 0.530. The van der Waals surface area contributed by atoms with Crippen molar-refractivity contribution in [1.29, 1.82) is 0 Å². The van der Waals surface area contributed by atoms with Crippen molar-refractivity contribution in [2.24, 2.45) is 0 Å². The fraction of sp³-hybridized carbons (Fsp3) is 0.300. The molecule has 1 saturated heterocycles. The van der Waals surface area contributed by atoms with Crippen molar-refractivity contribution in [3.8, 4) is 5.75 Å². The minimum atomic E-state index is -4.65. The summed E-state index contributed by atoms with van der Waals surface area (Å²) < 4.78 is 44.8. The first-order valence-corrected chi connectivity index (χ1v) is 9.28. The first-order valence-electron chi connectivity index (χ1n) is 9.28. The molecule has 1 aliphatic heterocycles. The van der Waals surface area contributed by atoms with Gasteiger partial charge in [-0.1, -0.05) is 24.3 Å². The molecular formula is C20H18F3N3O5. The number of amides is 2. The van der Waals surface area contributed by atoms with E-state index >= 15 is 0 Å². The van der Waals surface area contributed by atoms with Gasteiger partial charge in [0.2, 0.25) is 0 Å². The summed E-state index contributed by atoms with van der Waals surface area (Å²) in [5.74, 6) is -1.24. The third kappa shape index (κ3) is 5.11. The highest BCUT2D eigenvalue weighted by Crippen LogP contribution is 2.32.